The Hall–Kier alpha value is -1.40. The first kappa shape index (κ1) is 15.0. The number of nitrogens with zero attached hydrogens (tertiary/aromatic N) is 3. The standard InChI is InChI=1S/C14H24N4O2/c1-4-17-6-5-15-13(14(17)19)18-7-8-20-10-12(18)9-16-11(2)3/h5-6,11-12,16H,4,7-10H2,1-3H3. The van der Waals surface area contributed by atoms with Gasteiger partial charge in [0.05, 0.1) is 19.3 Å². The first-order valence-electron chi connectivity index (χ1n) is 7.26. The summed E-state index contributed by atoms with van der Waals surface area (Å²) in [5, 5.41) is 3.40. The van der Waals surface area contributed by atoms with E-state index in [1.54, 1.807) is 17.0 Å². The number of rotatable bonds is 5. The highest BCUT2D eigenvalue weighted by molar-refractivity contribution is 5.38. The first-order chi connectivity index (χ1) is 9.63. The molecular formula is C14H24N4O2. The number of aromatic nitrogens is 2. The molecule has 0 aromatic carbocycles. The lowest BCUT2D eigenvalue weighted by atomic mass is 10.2. The number of aryl methyl sites for hydroxylation is 1. The lowest BCUT2D eigenvalue weighted by molar-refractivity contribution is 0.0925. The Bertz CT molecular complexity index is 486. The summed E-state index contributed by atoms with van der Waals surface area (Å²) in [6, 6.07) is 0.564. The second-order valence-corrected chi connectivity index (χ2v) is 5.33. The Morgan fingerprint density at radius 2 is 2.35 bits per heavy atom. The highest BCUT2D eigenvalue weighted by Crippen LogP contribution is 2.13. The van der Waals surface area contributed by atoms with Crippen LogP contribution in [0.5, 0.6) is 0 Å². The molecule has 112 valence electrons. The van der Waals surface area contributed by atoms with Gasteiger partial charge in [-0.3, -0.25) is 4.79 Å². The second-order valence-electron chi connectivity index (χ2n) is 5.33. The zero-order valence-corrected chi connectivity index (χ0v) is 12.5. The van der Waals surface area contributed by atoms with Crippen molar-refractivity contribution >= 4 is 5.82 Å². The molecule has 1 N–H and O–H groups in total. The van der Waals surface area contributed by atoms with E-state index in [0.717, 1.165) is 6.54 Å². The molecule has 0 amide bonds. The molecule has 0 radical (unpaired) electrons. The van der Waals surface area contributed by atoms with Gasteiger partial charge in [-0.15, -0.1) is 0 Å². The van der Waals surface area contributed by atoms with Gasteiger partial charge >= 0.3 is 0 Å². The first-order valence-corrected chi connectivity index (χ1v) is 7.26. The topological polar surface area (TPSA) is 59.4 Å². The smallest absolute Gasteiger partial charge is 0.293 e. The van der Waals surface area contributed by atoms with E-state index in [1.165, 1.54) is 0 Å². The van der Waals surface area contributed by atoms with Gasteiger partial charge in [0.2, 0.25) is 0 Å². The number of anilines is 1. The molecule has 0 spiro atoms. The maximum Gasteiger partial charge on any atom is 0.293 e. The lowest BCUT2D eigenvalue weighted by Gasteiger charge is -2.36. The highest BCUT2D eigenvalue weighted by atomic mass is 16.5. The summed E-state index contributed by atoms with van der Waals surface area (Å²) in [7, 11) is 0. The van der Waals surface area contributed by atoms with Gasteiger partial charge in [-0.1, -0.05) is 13.8 Å². The van der Waals surface area contributed by atoms with Crippen molar-refractivity contribution in [1.29, 1.82) is 0 Å². The van der Waals surface area contributed by atoms with Crippen molar-refractivity contribution < 1.29 is 4.74 Å². The number of ether oxygens (including phenoxy) is 1. The normalized spacial score (nSPS) is 19.6. The largest absolute Gasteiger partial charge is 0.377 e. The Morgan fingerprint density at radius 1 is 1.55 bits per heavy atom. The van der Waals surface area contributed by atoms with Gasteiger partial charge in [0.15, 0.2) is 5.82 Å². The third kappa shape index (κ3) is 3.37. The monoisotopic (exact) mass is 280 g/mol. The van der Waals surface area contributed by atoms with E-state index in [1.807, 2.05) is 6.92 Å². The van der Waals surface area contributed by atoms with Crippen molar-refractivity contribution in [1.82, 2.24) is 14.9 Å². The van der Waals surface area contributed by atoms with E-state index in [-0.39, 0.29) is 11.6 Å². The third-order valence-corrected chi connectivity index (χ3v) is 3.50. The molecule has 1 aromatic heterocycles. The summed E-state index contributed by atoms with van der Waals surface area (Å²) in [6.45, 7) is 9.61. The molecular weight excluding hydrogens is 256 g/mol. The van der Waals surface area contributed by atoms with Crippen molar-refractivity contribution in [2.45, 2.75) is 39.4 Å². The van der Waals surface area contributed by atoms with Gasteiger partial charge < -0.3 is 19.5 Å². The van der Waals surface area contributed by atoms with Gasteiger partial charge in [0.25, 0.3) is 5.56 Å². The molecule has 0 bridgehead atoms. The van der Waals surface area contributed by atoms with Crippen molar-refractivity contribution in [2.75, 3.05) is 31.2 Å². The minimum atomic E-state index is -0.0218. The van der Waals surface area contributed by atoms with Crippen LogP contribution in [-0.4, -0.2) is 47.9 Å². The molecule has 1 saturated heterocycles. The van der Waals surface area contributed by atoms with E-state index >= 15 is 0 Å². The molecule has 1 aliphatic heterocycles. The second kappa shape index (κ2) is 6.85. The summed E-state index contributed by atoms with van der Waals surface area (Å²) < 4.78 is 7.23. The molecule has 1 atom stereocenters. The van der Waals surface area contributed by atoms with Crippen LogP contribution in [0.1, 0.15) is 20.8 Å². The fourth-order valence-corrected chi connectivity index (χ4v) is 2.36. The molecule has 0 saturated carbocycles. The SMILES string of the molecule is CCn1ccnc(N2CCOCC2CNC(C)C)c1=O. The van der Waals surface area contributed by atoms with Crippen LogP contribution in [0.2, 0.25) is 0 Å². The minimum absolute atomic E-state index is 0.0218. The predicted octanol–water partition coefficient (Wildman–Crippen LogP) is 0.466. The molecule has 6 heteroatoms. The number of morpholine rings is 1. The Kier molecular flexibility index (Phi) is 5.14. The van der Waals surface area contributed by atoms with Gasteiger partial charge in [0, 0.05) is 38.1 Å². The number of nitrogens with one attached hydrogen (secondary N) is 1. The fourth-order valence-electron chi connectivity index (χ4n) is 2.36. The third-order valence-electron chi connectivity index (χ3n) is 3.50. The van der Waals surface area contributed by atoms with Crippen LogP contribution in [0.3, 0.4) is 0 Å². The van der Waals surface area contributed by atoms with E-state index in [4.69, 9.17) is 4.74 Å². The van der Waals surface area contributed by atoms with Crippen LogP contribution in [0.4, 0.5) is 5.82 Å². The molecule has 1 aliphatic rings. The van der Waals surface area contributed by atoms with Crippen LogP contribution in [0.15, 0.2) is 17.2 Å². The highest BCUT2D eigenvalue weighted by Gasteiger charge is 2.26. The van der Waals surface area contributed by atoms with Gasteiger partial charge in [-0.2, -0.15) is 0 Å². The molecule has 6 nitrogen and oxygen atoms in total. The van der Waals surface area contributed by atoms with E-state index in [2.05, 4.69) is 29.0 Å². The van der Waals surface area contributed by atoms with Crippen molar-refractivity contribution in [2.24, 2.45) is 0 Å². The minimum Gasteiger partial charge on any atom is -0.377 e. The molecule has 0 aliphatic carbocycles. The van der Waals surface area contributed by atoms with Crippen LogP contribution in [0.25, 0.3) is 0 Å². The summed E-state index contributed by atoms with van der Waals surface area (Å²) in [5.74, 6) is 0.535. The van der Waals surface area contributed by atoms with Crippen LogP contribution < -0.4 is 15.8 Å². The van der Waals surface area contributed by atoms with Gasteiger partial charge in [-0.05, 0) is 6.92 Å². The average Bonchev–Trinajstić information content (AvgIpc) is 2.46. The summed E-state index contributed by atoms with van der Waals surface area (Å²) in [5.41, 5.74) is -0.0218. The van der Waals surface area contributed by atoms with Crippen LogP contribution in [-0.2, 0) is 11.3 Å². The molecule has 1 unspecified atom stereocenters. The number of hydrogen-bond acceptors (Lipinski definition) is 5. The molecule has 1 aromatic rings. The van der Waals surface area contributed by atoms with E-state index < -0.39 is 0 Å². The number of hydrogen-bond donors (Lipinski definition) is 1. The van der Waals surface area contributed by atoms with Crippen LogP contribution in [0, 0.1) is 0 Å². The zero-order valence-electron chi connectivity index (χ0n) is 12.5. The molecule has 2 rings (SSSR count). The maximum absolute atomic E-state index is 12.4. The zero-order chi connectivity index (χ0) is 14.5. The van der Waals surface area contributed by atoms with Crippen molar-refractivity contribution in [3.05, 3.63) is 22.7 Å². The Labute approximate surface area is 119 Å². The maximum atomic E-state index is 12.4. The Morgan fingerprint density at radius 3 is 3.05 bits per heavy atom. The van der Waals surface area contributed by atoms with Crippen molar-refractivity contribution in [3.8, 4) is 0 Å². The molecule has 1 fully saturated rings. The predicted molar refractivity (Wildman–Crippen MR) is 79.3 cm³/mol. The average molecular weight is 280 g/mol. The summed E-state index contributed by atoms with van der Waals surface area (Å²) >= 11 is 0. The summed E-state index contributed by atoms with van der Waals surface area (Å²) in [6.07, 6.45) is 3.43. The molecule has 2 heterocycles. The van der Waals surface area contributed by atoms with Gasteiger partial charge in [0.1, 0.15) is 0 Å². The van der Waals surface area contributed by atoms with E-state index in [9.17, 15) is 4.79 Å². The quantitative estimate of drug-likeness (QED) is 0.849. The van der Waals surface area contributed by atoms with Crippen LogP contribution >= 0.6 is 0 Å². The van der Waals surface area contributed by atoms with Gasteiger partial charge in [-0.25, -0.2) is 4.98 Å². The Balaban J connectivity index is 2.21. The van der Waals surface area contributed by atoms with E-state index in [0.29, 0.717) is 38.2 Å². The molecule has 20 heavy (non-hydrogen) atoms. The van der Waals surface area contributed by atoms with Crippen molar-refractivity contribution in [3.63, 3.8) is 0 Å². The fraction of sp³-hybridized carbons (Fsp3) is 0.714. The lowest BCUT2D eigenvalue weighted by Crippen LogP contribution is -2.53. The summed E-state index contributed by atoms with van der Waals surface area (Å²) in [4.78, 5) is 18.8.